The Morgan fingerprint density at radius 3 is 0.804 bits per heavy atom. The van der Waals surface area contributed by atoms with Crippen molar-refractivity contribution in [3.63, 3.8) is 0 Å². The van der Waals surface area contributed by atoms with E-state index in [1.165, 1.54) is 22.3 Å². The lowest BCUT2D eigenvalue weighted by Gasteiger charge is -2.41. The van der Waals surface area contributed by atoms with Gasteiger partial charge >= 0.3 is 0 Å². The van der Waals surface area contributed by atoms with Crippen LogP contribution in [0, 0.1) is 27.7 Å². The highest BCUT2D eigenvalue weighted by molar-refractivity contribution is 5.90. The molecule has 0 spiro atoms. The highest BCUT2D eigenvalue weighted by atomic mass is 15.6. The van der Waals surface area contributed by atoms with Crippen LogP contribution in [0.1, 0.15) is 22.3 Å². The molecule has 0 aliphatic carbocycles. The first kappa shape index (κ1) is 30.5. The molecule has 0 fully saturated rings. The van der Waals surface area contributed by atoms with Crippen LogP contribution in [0.15, 0.2) is 146 Å². The normalized spacial score (nSPS) is 10.8. The van der Waals surface area contributed by atoms with Crippen molar-refractivity contribution < 1.29 is 0 Å². The molecule has 6 rings (SSSR count). The van der Waals surface area contributed by atoms with Crippen LogP contribution in [0.3, 0.4) is 0 Å². The van der Waals surface area contributed by atoms with Crippen LogP contribution in [0.25, 0.3) is 0 Å². The lowest BCUT2D eigenvalue weighted by molar-refractivity contribution is 0.978. The molecule has 0 aliphatic rings. The summed E-state index contributed by atoms with van der Waals surface area (Å²) in [4.78, 5) is 4.54. The molecule has 6 aromatic rings. The van der Waals surface area contributed by atoms with Crippen molar-refractivity contribution >= 4 is 45.5 Å². The van der Waals surface area contributed by atoms with Gasteiger partial charge in [-0.1, -0.05) is 95.1 Å². The van der Waals surface area contributed by atoms with Crippen LogP contribution in [0.5, 0.6) is 0 Å². The van der Waals surface area contributed by atoms with Gasteiger partial charge in [0.05, 0.1) is 34.1 Å². The third kappa shape index (κ3) is 6.33. The summed E-state index contributed by atoms with van der Waals surface area (Å²) in [6.45, 7) is 8.52. The van der Waals surface area contributed by atoms with Crippen molar-refractivity contribution in [2.75, 3.05) is 33.9 Å². The van der Waals surface area contributed by atoms with Crippen molar-refractivity contribution in [3.05, 3.63) is 168 Å². The first-order valence-electron chi connectivity index (χ1n) is 15.8. The van der Waals surface area contributed by atoms with E-state index in [0.717, 1.165) is 45.5 Å². The maximum atomic E-state index is 2.35. The Labute approximate surface area is 274 Å². The molecule has 0 unspecified atom stereocenters. The number of benzene rings is 6. The van der Waals surface area contributed by atoms with Crippen LogP contribution < -0.4 is 19.8 Å². The molecule has 0 saturated heterocycles. The van der Waals surface area contributed by atoms with E-state index in [-0.39, 0.29) is 0 Å². The van der Waals surface area contributed by atoms with Gasteiger partial charge < -0.3 is 9.80 Å². The quantitative estimate of drug-likeness (QED) is 0.153. The van der Waals surface area contributed by atoms with Gasteiger partial charge in [0.1, 0.15) is 0 Å². The molecule has 6 aromatic carbocycles. The molecule has 4 heteroatoms. The molecule has 0 aromatic heterocycles. The molecule has 230 valence electrons. The zero-order chi connectivity index (χ0) is 32.2. The second kappa shape index (κ2) is 13.3. The number of nitrogens with zero attached hydrogens (tertiary/aromatic N) is 4. The van der Waals surface area contributed by atoms with Crippen molar-refractivity contribution in [2.45, 2.75) is 27.7 Å². The molecule has 46 heavy (non-hydrogen) atoms. The van der Waals surface area contributed by atoms with Crippen LogP contribution in [0.2, 0.25) is 0 Å². The maximum absolute atomic E-state index is 2.35. The fourth-order valence-electron chi connectivity index (χ4n) is 5.77. The maximum Gasteiger partial charge on any atom is 0.0873 e. The number of aryl methyl sites for hydroxylation is 4. The average molecular weight is 603 g/mol. The summed E-state index contributed by atoms with van der Waals surface area (Å²) in [5, 5.41) is 4.71. The Hall–Kier alpha value is -5.48. The second-order valence-corrected chi connectivity index (χ2v) is 12.1. The molecule has 0 amide bonds. The van der Waals surface area contributed by atoms with E-state index in [9.17, 15) is 0 Å². The molecule has 0 radical (unpaired) electrons. The van der Waals surface area contributed by atoms with Crippen LogP contribution >= 0.6 is 0 Å². The number of hydrogen-bond acceptors (Lipinski definition) is 4. The van der Waals surface area contributed by atoms with Crippen molar-refractivity contribution in [1.82, 2.24) is 0 Å². The van der Waals surface area contributed by atoms with E-state index >= 15 is 0 Å². The highest BCUT2D eigenvalue weighted by Crippen LogP contribution is 2.45. The minimum atomic E-state index is 1.06. The predicted molar refractivity (Wildman–Crippen MR) is 198 cm³/mol. The van der Waals surface area contributed by atoms with E-state index in [2.05, 4.69) is 207 Å². The van der Waals surface area contributed by atoms with Gasteiger partial charge in [0.15, 0.2) is 0 Å². The predicted octanol–water partition coefficient (Wildman–Crippen LogP) is 11.3. The highest BCUT2D eigenvalue weighted by Gasteiger charge is 2.27. The second-order valence-electron chi connectivity index (χ2n) is 12.1. The SMILES string of the molecule is Cc1ccc(N(C)c2ccccc2N(c2ccc(C)cc2)N(c2ccc(C)cc2)c2ccccc2N(C)c2ccc(C)cc2)cc1. The van der Waals surface area contributed by atoms with E-state index in [1.54, 1.807) is 0 Å². The molecule has 0 atom stereocenters. The Kier molecular flexibility index (Phi) is 8.80. The van der Waals surface area contributed by atoms with Gasteiger partial charge in [0, 0.05) is 25.5 Å². The molecule has 0 saturated carbocycles. The Morgan fingerprint density at radius 1 is 0.283 bits per heavy atom. The van der Waals surface area contributed by atoms with Gasteiger partial charge in [0.2, 0.25) is 0 Å². The lowest BCUT2D eigenvalue weighted by atomic mass is 10.1. The number of para-hydroxylation sites is 4. The third-order valence-electron chi connectivity index (χ3n) is 8.54. The van der Waals surface area contributed by atoms with Gasteiger partial charge in [-0.05, 0) is 100 Å². The number of hydrogen-bond donors (Lipinski definition) is 0. The van der Waals surface area contributed by atoms with Crippen LogP contribution in [0.4, 0.5) is 45.5 Å². The third-order valence-corrected chi connectivity index (χ3v) is 8.54. The standard InChI is InChI=1S/C42H42N4/c1-31-15-23-35(24-16-31)43(5)39-11-7-9-13-41(39)45(37-27-19-33(3)20-28-37)46(38-29-21-34(4)22-30-38)42-14-10-8-12-40(42)44(6)36-25-17-32(2)18-26-36/h7-30H,1-6H3. The van der Waals surface area contributed by atoms with Crippen molar-refractivity contribution in [1.29, 1.82) is 0 Å². The summed E-state index contributed by atoms with van der Waals surface area (Å²) in [6.07, 6.45) is 0. The molecule has 4 nitrogen and oxygen atoms in total. The number of anilines is 8. The van der Waals surface area contributed by atoms with Crippen LogP contribution in [-0.2, 0) is 0 Å². The molecule has 0 N–H and O–H groups in total. The van der Waals surface area contributed by atoms with Gasteiger partial charge in [-0.25, -0.2) is 10.0 Å². The summed E-state index contributed by atoms with van der Waals surface area (Å²) >= 11 is 0. The molecule has 0 aliphatic heterocycles. The minimum Gasteiger partial charge on any atom is -0.343 e. The molecular formula is C42H42N4. The molecule has 0 bridgehead atoms. The monoisotopic (exact) mass is 602 g/mol. The smallest absolute Gasteiger partial charge is 0.0873 e. The Bertz CT molecular complexity index is 1750. The summed E-state index contributed by atoms with van der Waals surface area (Å²) in [6, 6.07) is 52.3. The minimum absolute atomic E-state index is 1.06. The summed E-state index contributed by atoms with van der Waals surface area (Å²) in [5.41, 5.74) is 13.6. The van der Waals surface area contributed by atoms with Crippen molar-refractivity contribution in [2.24, 2.45) is 0 Å². The molecule has 0 heterocycles. The zero-order valence-corrected chi connectivity index (χ0v) is 27.6. The van der Waals surface area contributed by atoms with E-state index in [1.807, 2.05) is 0 Å². The first-order valence-corrected chi connectivity index (χ1v) is 15.8. The van der Waals surface area contributed by atoms with Gasteiger partial charge in [0.25, 0.3) is 0 Å². The van der Waals surface area contributed by atoms with E-state index < -0.39 is 0 Å². The number of rotatable bonds is 9. The van der Waals surface area contributed by atoms with E-state index in [0.29, 0.717) is 0 Å². The summed E-state index contributed by atoms with van der Waals surface area (Å²) in [5.74, 6) is 0. The fraction of sp³-hybridized carbons (Fsp3) is 0.143. The van der Waals surface area contributed by atoms with Crippen LogP contribution in [-0.4, -0.2) is 14.1 Å². The van der Waals surface area contributed by atoms with Gasteiger partial charge in [-0.2, -0.15) is 0 Å². The fourth-order valence-corrected chi connectivity index (χ4v) is 5.77. The first-order chi connectivity index (χ1) is 22.3. The van der Waals surface area contributed by atoms with Gasteiger partial charge in [-0.15, -0.1) is 0 Å². The lowest BCUT2D eigenvalue weighted by Crippen LogP contribution is -2.37. The Balaban J connectivity index is 1.60. The summed E-state index contributed by atoms with van der Waals surface area (Å²) < 4.78 is 0. The molecular weight excluding hydrogens is 560 g/mol. The largest absolute Gasteiger partial charge is 0.343 e. The number of hydrazine groups is 1. The zero-order valence-electron chi connectivity index (χ0n) is 27.6. The topological polar surface area (TPSA) is 13.0 Å². The van der Waals surface area contributed by atoms with E-state index in [4.69, 9.17) is 0 Å². The van der Waals surface area contributed by atoms with Crippen molar-refractivity contribution in [3.8, 4) is 0 Å². The Morgan fingerprint density at radius 2 is 0.522 bits per heavy atom. The average Bonchev–Trinajstić information content (AvgIpc) is 3.08. The summed E-state index contributed by atoms with van der Waals surface area (Å²) in [7, 11) is 4.29. The van der Waals surface area contributed by atoms with Gasteiger partial charge in [-0.3, -0.25) is 0 Å².